The zero-order valence-electron chi connectivity index (χ0n) is 14.2. The Hall–Kier alpha value is -1.84. The highest BCUT2D eigenvalue weighted by Gasteiger charge is 2.54. The third-order valence-electron chi connectivity index (χ3n) is 5.53. The van der Waals surface area contributed by atoms with Gasteiger partial charge >= 0.3 is 0 Å². The maximum absolute atomic E-state index is 3.69. The van der Waals surface area contributed by atoms with Crippen molar-refractivity contribution in [2.24, 2.45) is 0 Å². The zero-order chi connectivity index (χ0) is 16.0. The highest BCUT2D eigenvalue weighted by molar-refractivity contribution is 5.66. The molecular weight excluding hydrogens is 282 g/mol. The summed E-state index contributed by atoms with van der Waals surface area (Å²) in [4.78, 5) is 5.05. The third-order valence-corrected chi connectivity index (χ3v) is 5.53. The Balaban J connectivity index is 1.81. The molecule has 2 aliphatic heterocycles. The molecule has 3 nitrogen and oxygen atoms in total. The normalized spacial score (nSPS) is 26.4. The summed E-state index contributed by atoms with van der Waals surface area (Å²) in [6.07, 6.45) is 0. The largest absolute Gasteiger partial charge is 0.360 e. The quantitative estimate of drug-likeness (QED) is 0.940. The van der Waals surface area contributed by atoms with E-state index in [1.54, 1.807) is 0 Å². The van der Waals surface area contributed by atoms with Gasteiger partial charge in [0.05, 0.1) is 11.6 Å². The Bertz CT molecular complexity index is 712. The summed E-state index contributed by atoms with van der Waals surface area (Å²) < 4.78 is 0. The summed E-state index contributed by atoms with van der Waals surface area (Å²) in [5, 5.41) is 3.69. The van der Waals surface area contributed by atoms with Gasteiger partial charge in [0, 0.05) is 25.3 Å². The lowest BCUT2D eigenvalue weighted by Gasteiger charge is -2.33. The van der Waals surface area contributed by atoms with Crippen LogP contribution in [0.25, 0.3) is 0 Å². The van der Waals surface area contributed by atoms with Gasteiger partial charge in [0.1, 0.15) is 0 Å². The Labute approximate surface area is 138 Å². The van der Waals surface area contributed by atoms with E-state index >= 15 is 0 Å². The number of fused-ring (bicyclic) bond motifs is 3. The van der Waals surface area contributed by atoms with E-state index in [1.807, 2.05) is 0 Å². The second kappa shape index (κ2) is 5.36. The van der Waals surface area contributed by atoms with Gasteiger partial charge in [-0.05, 0) is 38.2 Å². The minimum atomic E-state index is 0.0465. The van der Waals surface area contributed by atoms with Crippen LogP contribution in [0.15, 0.2) is 48.5 Å². The number of hydrogen-bond acceptors (Lipinski definition) is 3. The van der Waals surface area contributed by atoms with Crippen molar-refractivity contribution in [2.75, 3.05) is 32.1 Å². The molecule has 2 aromatic rings. The molecule has 2 aliphatic rings. The average molecular weight is 307 g/mol. The van der Waals surface area contributed by atoms with Crippen molar-refractivity contribution >= 4 is 5.69 Å². The van der Waals surface area contributed by atoms with Gasteiger partial charge in [0.25, 0.3) is 0 Å². The molecule has 0 spiro atoms. The van der Waals surface area contributed by atoms with Gasteiger partial charge in [-0.3, -0.25) is 0 Å². The van der Waals surface area contributed by atoms with E-state index < -0.39 is 0 Å². The number of likely N-dealkylation sites (N-methyl/N-ethyl adjacent to an activating group) is 2. The van der Waals surface area contributed by atoms with Crippen LogP contribution < -0.4 is 10.2 Å². The molecule has 23 heavy (non-hydrogen) atoms. The molecule has 0 bridgehead atoms. The van der Waals surface area contributed by atoms with Crippen LogP contribution in [0.3, 0.4) is 0 Å². The number of nitrogens with zero attached hydrogens (tertiary/aromatic N) is 2. The molecule has 1 unspecified atom stereocenters. The Morgan fingerprint density at radius 2 is 1.96 bits per heavy atom. The molecule has 2 atom stereocenters. The number of aryl methyl sites for hydroxylation is 1. The van der Waals surface area contributed by atoms with Gasteiger partial charge < -0.3 is 15.1 Å². The summed E-state index contributed by atoms with van der Waals surface area (Å²) in [7, 11) is 4.35. The molecule has 0 aromatic heterocycles. The second-order valence-corrected chi connectivity index (χ2v) is 7.07. The van der Waals surface area contributed by atoms with Crippen LogP contribution in [0, 0.1) is 6.92 Å². The summed E-state index contributed by atoms with van der Waals surface area (Å²) in [6, 6.07) is 18.2. The van der Waals surface area contributed by atoms with Gasteiger partial charge in [-0.15, -0.1) is 0 Å². The molecule has 4 rings (SSSR count). The first-order valence-corrected chi connectivity index (χ1v) is 8.43. The predicted molar refractivity (Wildman–Crippen MR) is 95.8 cm³/mol. The monoisotopic (exact) mass is 307 g/mol. The van der Waals surface area contributed by atoms with Crippen LogP contribution in [-0.2, 0) is 12.1 Å². The highest BCUT2D eigenvalue weighted by Crippen LogP contribution is 2.48. The second-order valence-electron chi connectivity index (χ2n) is 7.07. The Morgan fingerprint density at radius 1 is 1.17 bits per heavy atom. The third kappa shape index (κ3) is 2.19. The Kier molecular flexibility index (Phi) is 3.43. The summed E-state index contributed by atoms with van der Waals surface area (Å²) in [5.41, 5.74) is 5.62. The number of likely N-dealkylation sites (tertiary alicyclic amines) is 1. The first-order chi connectivity index (χ1) is 11.1. The topological polar surface area (TPSA) is 18.5 Å². The van der Waals surface area contributed by atoms with Crippen LogP contribution in [0.2, 0.25) is 0 Å². The van der Waals surface area contributed by atoms with Gasteiger partial charge in [0.2, 0.25) is 0 Å². The van der Waals surface area contributed by atoms with Crippen molar-refractivity contribution in [1.29, 1.82) is 0 Å². The first-order valence-electron chi connectivity index (χ1n) is 8.43. The van der Waals surface area contributed by atoms with E-state index in [0.717, 1.165) is 19.6 Å². The molecule has 0 saturated carbocycles. The lowest BCUT2D eigenvalue weighted by molar-refractivity contribution is 0.331. The summed E-state index contributed by atoms with van der Waals surface area (Å²) in [6.45, 7) is 5.33. The molecule has 3 heteroatoms. The molecule has 0 radical (unpaired) electrons. The van der Waals surface area contributed by atoms with Crippen LogP contribution >= 0.6 is 0 Å². The number of nitrogens with one attached hydrogen (secondary N) is 1. The molecule has 1 N–H and O–H groups in total. The number of anilines is 1. The standard InChI is InChI=1S/C20H25N3/c1-15-9-10-18-17(11-15)20(21-2)14-22(3)13-19(20)23(18)12-16-7-5-4-6-8-16/h4-11,19,21H,12-14H2,1-3H3/t19-,20?/m0/s1. The fraction of sp³-hybridized carbons (Fsp3) is 0.400. The molecule has 2 aromatic carbocycles. The van der Waals surface area contributed by atoms with Crippen molar-refractivity contribution in [1.82, 2.24) is 10.2 Å². The number of rotatable bonds is 3. The molecule has 1 fully saturated rings. The van der Waals surface area contributed by atoms with Crippen molar-refractivity contribution in [3.63, 3.8) is 0 Å². The van der Waals surface area contributed by atoms with Gasteiger partial charge in [0.15, 0.2) is 0 Å². The van der Waals surface area contributed by atoms with Crippen LogP contribution in [0.1, 0.15) is 16.7 Å². The predicted octanol–water partition coefficient (Wildman–Crippen LogP) is 2.74. The van der Waals surface area contributed by atoms with Crippen molar-refractivity contribution in [3.8, 4) is 0 Å². The molecule has 1 saturated heterocycles. The van der Waals surface area contributed by atoms with E-state index in [9.17, 15) is 0 Å². The highest BCUT2D eigenvalue weighted by atomic mass is 15.3. The fourth-order valence-electron chi connectivity index (χ4n) is 4.46. The van der Waals surface area contributed by atoms with Gasteiger partial charge in [-0.1, -0.05) is 48.0 Å². The minimum absolute atomic E-state index is 0.0465. The minimum Gasteiger partial charge on any atom is -0.360 e. The van der Waals surface area contributed by atoms with E-state index in [2.05, 4.69) is 84.7 Å². The van der Waals surface area contributed by atoms with Crippen LogP contribution in [0.5, 0.6) is 0 Å². The summed E-state index contributed by atoms with van der Waals surface area (Å²) in [5.74, 6) is 0. The first kappa shape index (κ1) is 14.7. The SMILES string of the molecule is CNC12CN(C)C[C@@H]1N(Cc1ccccc1)c1ccc(C)cc12. The van der Waals surface area contributed by atoms with E-state index in [1.165, 1.54) is 22.4 Å². The zero-order valence-corrected chi connectivity index (χ0v) is 14.2. The molecule has 120 valence electrons. The van der Waals surface area contributed by atoms with E-state index in [-0.39, 0.29) is 5.54 Å². The van der Waals surface area contributed by atoms with E-state index in [0.29, 0.717) is 6.04 Å². The lowest BCUT2D eigenvalue weighted by Crippen LogP contribution is -2.51. The van der Waals surface area contributed by atoms with Gasteiger partial charge in [-0.2, -0.15) is 0 Å². The lowest BCUT2D eigenvalue weighted by atomic mass is 9.87. The fourth-order valence-corrected chi connectivity index (χ4v) is 4.46. The van der Waals surface area contributed by atoms with Crippen LogP contribution in [0.4, 0.5) is 5.69 Å². The molecule has 2 heterocycles. The van der Waals surface area contributed by atoms with Gasteiger partial charge in [-0.25, -0.2) is 0 Å². The maximum atomic E-state index is 3.69. The van der Waals surface area contributed by atoms with Crippen molar-refractivity contribution < 1.29 is 0 Å². The molecule has 0 amide bonds. The average Bonchev–Trinajstić information content (AvgIpc) is 3.01. The number of hydrogen-bond donors (Lipinski definition) is 1. The maximum Gasteiger partial charge on any atom is 0.0800 e. The molecule has 0 aliphatic carbocycles. The van der Waals surface area contributed by atoms with Crippen LogP contribution in [-0.4, -0.2) is 38.1 Å². The van der Waals surface area contributed by atoms with Crippen molar-refractivity contribution in [3.05, 3.63) is 65.2 Å². The Morgan fingerprint density at radius 3 is 2.70 bits per heavy atom. The van der Waals surface area contributed by atoms with E-state index in [4.69, 9.17) is 0 Å². The molecular formula is C20H25N3. The summed E-state index contributed by atoms with van der Waals surface area (Å²) >= 11 is 0. The number of benzene rings is 2. The smallest absolute Gasteiger partial charge is 0.0800 e. The van der Waals surface area contributed by atoms with Crippen molar-refractivity contribution in [2.45, 2.75) is 25.0 Å².